The molecule has 0 unspecified atom stereocenters. The zero-order chi connectivity index (χ0) is 10.9. The number of nitro groups is 1. The lowest BCUT2D eigenvalue weighted by Crippen LogP contribution is -2.09. The van der Waals surface area contributed by atoms with Crippen molar-refractivity contribution in [1.29, 1.82) is 0 Å². The van der Waals surface area contributed by atoms with E-state index in [0.717, 1.165) is 0 Å². The third-order valence-corrected chi connectivity index (χ3v) is 2.72. The molecule has 1 heterocycles. The number of thioether (sulfide) groups is 1. The van der Waals surface area contributed by atoms with Crippen LogP contribution < -0.4 is 0 Å². The van der Waals surface area contributed by atoms with Gasteiger partial charge in [-0.1, -0.05) is 32.5 Å². The van der Waals surface area contributed by atoms with Crippen LogP contribution in [0.1, 0.15) is 20.8 Å². The van der Waals surface area contributed by atoms with E-state index in [1.807, 2.05) is 20.8 Å². The van der Waals surface area contributed by atoms with Crippen LogP contribution in [0.4, 0.5) is 5.82 Å². The number of hydrogen-bond donors (Lipinski definition) is 0. The molecule has 6 heteroatoms. The van der Waals surface area contributed by atoms with E-state index < -0.39 is 4.92 Å². The van der Waals surface area contributed by atoms with Gasteiger partial charge >= 0.3 is 5.82 Å². The molecule has 0 aliphatic carbocycles. The molecule has 5 nitrogen and oxygen atoms in total. The Kier molecular flexibility index (Phi) is 2.84. The first kappa shape index (κ1) is 11.0. The van der Waals surface area contributed by atoms with E-state index in [1.54, 1.807) is 11.6 Å². The van der Waals surface area contributed by atoms with Crippen LogP contribution >= 0.6 is 11.8 Å². The first-order chi connectivity index (χ1) is 6.31. The van der Waals surface area contributed by atoms with E-state index in [0.29, 0.717) is 5.03 Å². The van der Waals surface area contributed by atoms with Crippen LogP contribution in [-0.4, -0.2) is 19.2 Å². The molecule has 0 aliphatic heterocycles. The summed E-state index contributed by atoms with van der Waals surface area (Å²) < 4.78 is 1.62. The van der Waals surface area contributed by atoms with Crippen molar-refractivity contribution in [3.63, 3.8) is 0 Å². The molecule has 0 bridgehead atoms. The lowest BCUT2D eigenvalue weighted by atomic mass is 10.3. The number of aryl methyl sites for hydroxylation is 1. The fourth-order valence-corrected chi connectivity index (χ4v) is 1.93. The summed E-state index contributed by atoms with van der Waals surface area (Å²) in [6.07, 6.45) is 1.46. The Hall–Kier alpha value is -1.04. The SMILES string of the molecule is Cn1cnc([N+](=O)[O-])c1SC(C)(C)C. The van der Waals surface area contributed by atoms with Crippen molar-refractivity contribution < 1.29 is 4.92 Å². The highest BCUT2D eigenvalue weighted by Crippen LogP contribution is 2.36. The monoisotopic (exact) mass is 215 g/mol. The molecule has 0 spiro atoms. The molecular weight excluding hydrogens is 202 g/mol. The van der Waals surface area contributed by atoms with Gasteiger partial charge in [0.1, 0.15) is 0 Å². The Balaban J connectivity index is 3.06. The Morgan fingerprint density at radius 1 is 1.57 bits per heavy atom. The van der Waals surface area contributed by atoms with Gasteiger partial charge < -0.3 is 14.7 Å². The molecular formula is C8H13N3O2S. The molecule has 0 radical (unpaired) electrons. The molecule has 0 saturated heterocycles. The van der Waals surface area contributed by atoms with Gasteiger partial charge in [0, 0.05) is 11.8 Å². The summed E-state index contributed by atoms with van der Waals surface area (Å²) in [6.45, 7) is 6.02. The van der Waals surface area contributed by atoms with E-state index in [1.165, 1.54) is 18.1 Å². The van der Waals surface area contributed by atoms with Gasteiger partial charge in [0.15, 0.2) is 5.03 Å². The van der Waals surface area contributed by atoms with Crippen molar-refractivity contribution in [3.05, 3.63) is 16.4 Å². The Morgan fingerprint density at radius 3 is 2.57 bits per heavy atom. The van der Waals surface area contributed by atoms with E-state index in [9.17, 15) is 10.1 Å². The molecule has 0 N–H and O–H groups in total. The predicted octanol–water partition coefficient (Wildman–Crippen LogP) is 2.22. The van der Waals surface area contributed by atoms with E-state index in [2.05, 4.69) is 4.98 Å². The van der Waals surface area contributed by atoms with Crippen LogP contribution in [0.25, 0.3) is 0 Å². The first-order valence-electron chi connectivity index (χ1n) is 4.16. The van der Waals surface area contributed by atoms with Crippen LogP contribution in [0.5, 0.6) is 0 Å². The van der Waals surface area contributed by atoms with Gasteiger partial charge in [-0.3, -0.25) is 0 Å². The molecule has 0 aromatic carbocycles. The normalized spacial score (nSPS) is 11.7. The Bertz CT molecular complexity index is 354. The number of nitrogens with zero attached hydrogens (tertiary/aromatic N) is 3. The minimum absolute atomic E-state index is 0.0570. The second-order valence-corrected chi connectivity index (χ2v) is 5.77. The molecule has 0 amide bonds. The highest BCUT2D eigenvalue weighted by Gasteiger charge is 2.25. The standard InChI is InChI=1S/C8H13N3O2S/c1-8(2,3)14-7-6(11(12)13)9-5-10(7)4/h5H,1-4H3. The van der Waals surface area contributed by atoms with E-state index in [-0.39, 0.29) is 10.6 Å². The first-order valence-corrected chi connectivity index (χ1v) is 4.97. The molecule has 0 fully saturated rings. The predicted molar refractivity (Wildman–Crippen MR) is 55.5 cm³/mol. The highest BCUT2D eigenvalue weighted by molar-refractivity contribution is 8.00. The van der Waals surface area contributed by atoms with Crippen molar-refractivity contribution in [2.75, 3.05) is 0 Å². The van der Waals surface area contributed by atoms with Crippen molar-refractivity contribution in [2.24, 2.45) is 7.05 Å². The zero-order valence-corrected chi connectivity index (χ0v) is 9.46. The maximum atomic E-state index is 10.6. The number of hydrogen-bond acceptors (Lipinski definition) is 4. The second-order valence-electron chi connectivity index (χ2n) is 3.96. The molecule has 0 aliphatic rings. The van der Waals surface area contributed by atoms with Crippen molar-refractivity contribution >= 4 is 17.6 Å². The maximum Gasteiger partial charge on any atom is 0.395 e. The Morgan fingerprint density at radius 2 is 2.14 bits per heavy atom. The van der Waals surface area contributed by atoms with Gasteiger partial charge in [-0.2, -0.15) is 0 Å². The minimum Gasteiger partial charge on any atom is -0.358 e. The van der Waals surface area contributed by atoms with Crippen LogP contribution in [0.15, 0.2) is 11.4 Å². The van der Waals surface area contributed by atoms with E-state index >= 15 is 0 Å². The van der Waals surface area contributed by atoms with Gasteiger partial charge in [0.25, 0.3) is 0 Å². The maximum absolute atomic E-state index is 10.6. The second kappa shape index (κ2) is 3.61. The lowest BCUT2D eigenvalue weighted by molar-refractivity contribution is -0.392. The quantitative estimate of drug-likeness (QED) is 0.431. The number of imidazole rings is 1. The summed E-state index contributed by atoms with van der Waals surface area (Å²) in [6, 6.07) is 0. The van der Waals surface area contributed by atoms with Crippen LogP contribution in [0, 0.1) is 10.1 Å². The average molecular weight is 215 g/mol. The van der Waals surface area contributed by atoms with Gasteiger partial charge in [0.2, 0.25) is 6.33 Å². The average Bonchev–Trinajstić information content (AvgIpc) is 2.29. The minimum atomic E-state index is -0.450. The summed E-state index contributed by atoms with van der Waals surface area (Å²) in [5.74, 6) is -0.0626. The molecule has 0 atom stereocenters. The van der Waals surface area contributed by atoms with Crippen molar-refractivity contribution in [2.45, 2.75) is 30.5 Å². The van der Waals surface area contributed by atoms with Crippen molar-refractivity contribution in [3.8, 4) is 0 Å². The fourth-order valence-electron chi connectivity index (χ4n) is 0.940. The molecule has 1 rings (SSSR count). The molecule has 78 valence electrons. The molecule has 14 heavy (non-hydrogen) atoms. The number of rotatable bonds is 2. The molecule has 1 aromatic rings. The molecule has 1 aromatic heterocycles. The van der Waals surface area contributed by atoms with Gasteiger partial charge in [-0.15, -0.1) is 0 Å². The fraction of sp³-hybridized carbons (Fsp3) is 0.625. The highest BCUT2D eigenvalue weighted by atomic mass is 32.2. The molecule has 0 saturated carbocycles. The summed E-state index contributed by atoms with van der Waals surface area (Å²) in [5.41, 5.74) is 0. The zero-order valence-electron chi connectivity index (χ0n) is 8.64. The van der Waals surface area contributed by atoms with Gasteiger partial charge in [-0.25, -0.2) is 0 Å². The van der Waals surface area contributed by atoms with E-state index in [4.69, 9.17) is 0 Å². The summed E-state index contributed by atoms with van der Waals surface area (Å²) >= 11 is 1.45. The lowest BCUT2D eigenvalue weighted by Gasteiger charge is -2.16. The summed E-state index contributed by atoms with van der Waals surface area (Å²) in [5, 5.41) is 11.2. The summed E-state index contributed by atoms with van der Waals surface area (Å²) in [7, 11) is 1.76. The largest absolute Gasteiger partial charge is 0.395 e. The van der Waals surface area contributed by atoms with Gasteiger partial charge in [-0.05, 0) is 9.91 Å². The summed E-state index contributed by atoms with van der Waals surface area (Å²) in [4.78, 5) is 13.9. The topological polar surface area (TPSA) is 61.0 Å². The number of aromatic nitrogens is 2. The third-order valence-electron chi connectivity index (χ3n) is 1.44. The van der Waals surface area contributed by atoms with Crippen LogP contribution in [0.3, 0.4) is 0 Å². The van der Waals surface area contributed by atoms with Gasteiger partial charge in [0.05, 0.1) is 0 Å². The third kappa shape index (κ3) is 2.47. The van der Waals surface area contributed by atoms with Crippen LogP contribution in [-0.2, 0) is 7.05 Å². The van der Waals surface area contributed by atoms with Crippen LogP contribution in [0.2, 0.25) is 0 Å². The van der Waals surface area contributed by atoms with Crippen molar-refractivity contribution in [1.82, 2.24) is 9.55 Å². The smallest absolute Gasteiger partial charge is 0.358 e. The Labute approximate surface area is 86.7 Å².